The highest BCUT2D eigenvalue weighted by Gasteiger charge is 2.37. The highest BCUT2D eigenvalue weighted by molar-refractivity contribution is 7.98. The third-order valence-electron chi connectivity index (χ3n) is 4.55. The van der Waals surface area contributed by atoms with E-state index in [0.29, 0.717) is 19.5 Å². The standard InChI is InChI=1S/C20H24N2O3S/c1-2-15-5-7-16(8-6-15)22-11-9-18(20(22)24)19(23)21-10-13-26-14-17-4-3-12-25-17/h3-8,12,18H,2,9-11,13-14H2,1H3,(H,21,23). The van der Waals surface area contributed by atoms with Crippen molar-refractivity contribution in [2.45, 2.75) is 25.5 Å². The Morgan fingerprint density at radius 2 is 2.12 bits per heavy atom. The average Bonchev–Trinajstić information content (AvgIpc) is 3.31. The van der Waals surface area contributed by atoms with E-state index in [1.54, 1.807) is 22.9 Å². The summed E-state index contributed by atoms with van der Waals surface area (Å²) >= 11 is 1.69. The van der Waals surface area contributed by atoms with Crippen LogP contribution in [-0.2, 0) is 21.8 Å². The van der Waals surface area contributed by atoms with Gasteiger partial charge in [0.05, 0.1) is 12.0 Å². The first-order chi connectivity index (χ1) is 12.7. The number of carbonyl (C=O) groups excluding carboxylic acids is 2. The Morgan fingerprint density at radius 1 is 1.31 bits per heavy atom. The van der Waals surface area contributed by atoms with Crippen molar-refractivity contribution < 1.29 is 14.0 Å². The number of rotatable bonds is 8. The number of hydrogen-bond acceptors (Lipinski definition) is 4. The molecular formula is C20H24N2O3S. The summed E-state index contributed by atoms with van der Waals surface area (Å²) in [5, 5.41) is 2.89. The van der Waals surface area contributed by atoms with Gasteiger partial charge >= 0.3 is 0 Å². The number of anilines is 1. The van der Waals surface area contributed by atoms with Crippen molar-refractivity contribution in [1.82, 2.24) is 5.32 Å². The van der Waals surface area contributed by atoms with E-state index >= 15 is 0 Å². The fourth-order valence-electron chi connectivity index (χ4n) is 3.03. The molecule has 26 heavy (non-hydrogen) atoms. The number of nitrogens with zero attached hydrogens (tertiary/aromatic N) is 1. The predicted octanol–water partition coefficient (Wildman–Crippen LogP) is 3.24. The summed E-state index contributed by atoms with van der Waals surface area (Å²) in [4.78, 5) is 26.6. The lowest BCUT2D eigenvalue weighted by atomic mass is 10.1. The van der Waals surface area contributed by atoms with Gasteiger partial charge in [-0.05, 0) is 42.7 Å². The third kappa shape index (κ3) is 4.49. The van der Waals surface area contributed by atoms with Crippen molar-refractivity contribution in [3.8, 4) is 0 Å². The molecule has 1 aliphatic rings. The molecule has 0 aliphatic carbocycles. The molecule has 3 rings (SSSR count). The SMILES string of the molecule is CCc1ccc(N2CCC(C(=O)NCCSCc3ccco3)C2=O)cc1. The van der Waals surface area contributed by atoms with E-state index in [4.69, 9.17) is 4.42 Å². The molecule has 0 bridgehead atoms. The molecule has 1 aromatic carbocycles. The molecular weight excluding hydrogens is 348 g/mol. The van der Waals surface area contributed by atoms with E-state index in [2.05, 4.69) is 12.2 Å². The van der Waals surface area contributed by atoms with Crippen molar-refractivity contribution in [2.75, 3.05) is 23.7 Å². The van der Waals surface area contributed by atoms with Crippen LogP contribution < -0.4 is 10.2 Å². The topological polar surface area (TPSA) is 62.6 Å². The number of aryl methyl sites for hydroxylation is 1. The number of amides is 2. The van der Waals surface area contributed by atoms with Gasteiger partial charge in [-0.3, -0.25) is 9.59 Å². The Labute approximate surface area is 158 Å². The molecule has 1 unspecified atom stereocenters. The molecule has 138 valence electrons. The van der Waals surface area contributed by atoms with Crippen LogP contribution in [0.3, 0.4) is 0 Å². The van der Waals surface area contributed by atoms with Crippen molar-refractivity contribution in [2.24, 2.45) is 5.92 Å². The van der Waals surface area contributed by atoms with Crippen molar-refractivity contribution in [3.63, 3.8) is 0 Å². The molecule has 0 radical (unpaired) electrons. The highest BCUT2D eigenvalue weighted by Crippen LogP contribution is 2.25. The lowest BCUT2D eigenvalue weighted by Crippen LogP contribution is -2.37. The summed E-state index contributed by atoms with van der Waals surface area (Å²) in [6.45, 7) is 3.25. The van der Waals surface area contributed by atoms with Crippen LogP contribution in [0.1, 0.15) is 24.7 Å². The zero-order chi connectivity index (χ0) is 18.4. The van der Waals surface area contributed by atoms with Gasteiger partial charge in [-0.15, -0.1) is 0 Å². The summed E-state index contributed by atoms with van der Waals surface area (Å²) in [6.07, 6.45) is 3.20. The van der Waals surface area contributed by atoms with Gasteiger partial charge < -0.3 is 14.6 Å². The van der Waals surface area contributed by atoms with Crippen LogP contribution >= 0.6 is 11.8 Å². The van der Waals surface area contributed by atoms with Gasteiger partial charge in [0.2, 0.25) is 11.8 Å². The molecule has 1 fully saturated rings. The molecule has 2 aromatic rings. The summed E-state index contributed by atoms with van der Waals surface area (Å²) in [5.74, 6) is 1.66. The molecule has 2 heterocycles. The first-order valence-corrected chi connectivity index (χ1v) is 10.1. The van der Waals surface area contributed by atoms with Crippen LogP contribution in [0.15, 0.2) is 47.1 Å². The largest absolute Gasteiger partial charge is 0.468 e. The minimum absolute atomic E-state index is 0.102. The van der Waals surface area contributed by atoms with Gasteiger partial charge in [-0.1, -0.05) is 19.1 Å². The average molecular weight is 372 g/mol. The lowest BCUT2D eigenvalue weighted by molar-refractivity contribution is -0.132. The monoisotopic (exact) mass is 372 g/mol. The molecule has 0 spiro atoms. The van der Waals surface area contributed by atoms with E-state index < -0.39 is 5.92 Å². The van der Waals surface area contributed by atoms with Crippen LogP contribution in [0.5, 0.6) is 0 Å². The van der Waals surface area contributed by atoms with Crippen LogP contribution in [0.2, 0.25) is 0 Å². The molecule has 5 nitrogen and oxygen atoms in total. The van der Waals surface area contributed by atoms with Crippen LogP contribution in [0, 0.1) is 5.92 Å². The normalized spacial score (nSPS) is 16.9. The molecule has 0 saturated carbocycles. The number of furan rings is 1. The smallest absolute Gasteiger partial charge is 0.239 e. The number of benzene rings is 1. The maximum absolute atomic E-state index is 12.6. The fourth-order valence-corrected chi connectivity index (χ4v) is 3.78. The summed E-state index contributed by atoms with van der Waals surface area (Å²) in [5.41, 5.74) is 2.11. The zero-order valence-corrected chi connectivity index (χ0v) is 15.8. The van der Waals surface area contributed by atoms with Gasteiger partial charge in [-0.2, -0.15) is 11.8 Å². The van der Waals surface area contributed by atoms with Gasteiger partial charge in [0.15, 0.2) is 0 Å². The molecule has 6 heteroatoms. The van der Waals surface area contributed by atoms with Crippen LogP contribution in [0.4, 0.5) is 5.69 Å². The Morgan fingerprint density at radius 3 is 2.81 bits per heavy atom. The first-order valence-electron chi connectivity index (χ1n) is 8.97. The summed E-state index contributed by atoms with van der Waals surface area (Å²) in [7, 11) is 0. The van der Waals surface area contributed by atoms with Crippen LogP contribution in [0.25, 0.3) is 0 Å². The number of carbonyl (C=O) groups is 2. The Kier molecular flexibility index (Phi) is 6.39. The molecule has 1 saturated heterocycles. The first kappa shape index (κ1) is 18.6. The number of hydrogen-bond donors (Lipinski definition) is 1. The van der Waals surface area contributed by atoms with E-state index in [9.17, 15) is 9.59 Å². The van der Waals surface area contributed by atoms with E-state index in [-0.39, 0.29) is 11.8 Å². The van der Waals surface area contributed by atoms with E-state index in [0.717, 1.165) is 29.4 Å². The fraction of sp³-hybridized carbons (Fsp3) is 0.400. The van der Waals surface area contributed by atoms with Gasteiger partial charge in [-0.25, -0.2) is 0 Å². The Balaban J connectivity index is 1.44. The molecule has 1 aromatic heterocycles. The number of nitrogens with one attached hydrogen (secondary N) is 1. The van der Waals surface area contributed by atoms with Crippen molar-refractivity contribution in [3.05, 3.63) is 54.0 Å². The second kappa shape index (κ2) is 8.94. The minimum Gasteiger partial charge on any atom is -0.468 e. The van der Waals surface area contributed by atoms with E-state index in [1.165, 1.54) is 5.56 Å². The maximum Gasteiger partial charge on any atom is 0.239 e. The molecule has 1 aliphatic heterocycles. The number of thioether (sulfide) groups is 1. The summed E-state index contributed by atoms with van der Waals surface area (Å²) < 4.78 is 5.27. The quantitative estimate of drug-likeness (QED) is 0.571. The van der Waals surface area contributed by atoms with Gasteiger partial charge in [0, 0.05) is 24.5 Å². The summed E-state index contributed by atoms with van der Waals surface area (Å²) in [6, 6.07) is 11.8. The molecule has 1 N–H and O–H groups in total. The third-order valence-corrected chi connectivity index (χ3v) is 5.53. The zero-order valence-electron chi connectivity index (χ0n) is 14.9. The lowest BCUT2D eigenvalue weighted by Gasteiger charge is -2.17. The maximum atomic E-state index is 12.6. The minimum atomic E-state index is -0.573. The molecule has 2 amide bonds. The molecule has 1 atom stereocenters. The second-order valence-electron chi connectivity index (χ2n) is 6.27. The Bertz CT molecular complexity index is 728. The van der Waals surface area contributed by atoms with Crippen LogP contribution in [-0.4, -0.2) is 30.7 Å². The highest BCUT2D eigenvalue weighted by atomic mass is 32.2. The van der Waals surface area contributed by atoms with Gasteiger partial charge in [0.25, 0.3) is 0 Å². The van der Waals surface area contributed by atoms with Crippen molar-refractivity contribution >= 4 is 29.3 Å². The predicted molar refractivity (Wildman–Crippen MR) is 104 cm³/mol. The van der Waals surface area contributed by atoms with Crippen molar-refractivity contribution in [1.29, 1.82) is 0 Å². The Hall–Kier alpha value is -2.21. The van der Waals surface area contributed by atoms with E-state index in [1.807, 2.05) is 36.4 Å². The second-order valence-corrected chi connectivity index (χ2v) is 7.38. The van der Waals surface area contributed by atoms with Gasteiger partial charge in [0.1, 0.15) is 11.7 Å².